The first kappa shape index (κ1) is 16.2. The van der Waals surface area contributed by atoms with Crippen molar-refractivity contribution in [2.24, 2.45) is 0 Å². The van der Waals surface area contributed by atoms with Gasteiger partial charge in [-0.3, -0.25) is 14.9 Å². The van der Waals surface area contributed by atoms with Crippen LogP contribution in [0.2, 0.25) is 0 Å². The smallest absolute Gasteiger partial charge is 0.338 e. The second-order valence-electron chi connectivity index (χ2n) is 4.05. The Kier molecular flexibility index (Phi) is 5.89. The number of nitro groups is 1. The van der Waals surface area contributed by atoms with E-state index < -0.39 is 10.9 Å². The summed E-state index contributed by atoms with van der Waals surface area (Å²) in [4.78, 5) is 32.3. The number of nitrogens with zero attached hydrogens (tertiary/aromatic N) is 1. The highest BCUT2D eigenvalue weighted by Gasteiger charge is 2.14. The third kappa shape index (κ3) is 5.32. The number of hydrogen-bond donors (Lipinski definition) is 1. The summed E-state index contributed by atoms with van der Waals surface area (Å²) in [7, 11) is 1.19. The normalized spacial score (nSPS) is 9.24. The van der Waals surface area contributed by atoms with E-state index in [9.17, 15) is 19.7 Å². The van der Waals surface area contributed by atoms with Crippen LogP contribution in [0.4, 0.5) is 5.69 Å². The van der Waals surface area contributed by atoms with Crippen molar-refractivity contribution in [3.63, 3.8) is 0 Å². The minimum Gasteiger partial charge on any atom is -0.465 e. The van der Waals surface area contributed by atoms with Gasteiger partial charge in [-0.05, 0) is 6.07 Å². The molecule has 0 radical (unpaired) electrons. The van der Waals surface area contributed by atoms with Gasteiger partial charge in [0, 0.05) is 37.6 Å². The molecule has 0 saturated carbocycles. The van der Waals surface area contributed by atoms with Gasteiger partial charge in [-0.1, -0.05) is 11.8 Å². The zero-order chi connectivity index (χ0) is 15.8. The van der Waals surface area contributed by atoms with Gasteiger partial charge in [0.1, 0.15) is 0 Å². The Morgan fingerprint density at radius 3 is 2.67 bits per heavy atom. The number of nitrogens with one attached hydrogen (secondary N) is 1. The molecule has 0 bridgehead atoms. The predicted molar refractivity (Wildman–Crippen MR) is 74.6 cm³/mol. The number of ether oxygens (including phenoxy) is 1. The molecule has 0 heterocycles. The molecule has 1 N–H and O–H groups in total. The quantitative estimate of drug-likeness (QED) is 0.296. The highest BCUT2D eigenvalue weighted by molar-refractivity contribution is 5.90. The number of methoxy groups -OCH3 is 1. The SMILES string of the molecule is COC(=O)c1cc(C#CCCNC(C)=O)cc([N+](=O)[O-])c1. The van der Waals surface area contributed by atoms with Gasteiger partial charge in [0.15, 0.2) is 0 Å². The average Bonchev–Trinajstić information content (AvgIpc) is 2.45. The lowest BCUT2D eigenvalue weighted by Gasteiger charge is -2.00. The molecule has 0 spiro atoms. The number of non-ortho nitro benzene ring substituents is 1. The molecule has 7 heteroatoms. The molecule has 0 saturated heterocycles. The monoisotopic (exact) mass is 290 g/mol. The Bertz CT molecular complexity index is 628. The molecule has 1 aromatic carbocycles. The fourth-order valence-corrected chi connectivity index (χ4v) is 1.49. The lowest BCUT2D eigenvalue weighted by atomic mass is 10.1. The van der Waals surface area contributed by atoms with Gasteiger partial charge in [-0.2, -0.15) is 0 Å². The van der Waals surface area contributed by atoms with Crippen molar-refractivity contribution in [1.29, 1.82) is 0 Å². The van der Waals surface area contributed by atoms with Crippen LogP contribution in [0.25, 0.3) is 0 Å². The maximum Gasteiger partial charge on any atom is 0.338 e. The van der Waals surface area contributed by atoms with Crippen LogP contribution in [0.15, 0.2) is 18.2 Å². The number of rotatable bonds is 4. The fourth-order valence-electron chi connectivity index (χ4n) is 1.49. The molecule has 21 heavy (non-hydrogen) atoms. The van der Waals surface area contributed by atoms with Crippen molar-refractivity contribution in [3.05, 3.63) is 39.4 Å². The van der Waals surface area contributed by atoms with Gasteiger partial charge < -0.3 is 10.1 Å². The lowest BCUT2D eigenvalue weighted by molar-refractivity contribution is -0.384. The zero-order valence-electron chi connectivity index (χ0n) is 11.6. The van der Waals surface area contributed by atoms with E-state index in [4.69, 9.17) is 0 Å². The molecular formula is C14H14N2O5. The van der Waals surface area contributed by atoms with E-state index >= 15 is 0 Å². The van der Waals surface area contributed by atoms with Crippen LogP contribution in [-0.2, 0) is 9.53 Å². The topological polar surface area (TPSA) is 98.5 Å². The summed E-state index contributed by atoms with van der Waals surface area (Å²) in [6, 6.07) is 3.83. The maximum absolute atomic E-state index is 11.5. The molecule has 1 amide bonds. The molecule has 0 fully saturated rings. The summed E-state index contributed by atoms with van der Waals surface area (Å²) >= 11 is 0. The van der Waals surface area contributed by atoms with Crippen molar-refractivity contribution in [2.75, 3.05) is 13.7 Å². The molecule has 0 atom stereocenters. The van der Waals surface area contributed by atoms with Crippen LogP contribution in [0.3, 0.4) is 0 Å². The van der Waals surface area contributed by atoms with Gasteiger partial charge in [0.05, 0.1) is 17.6 Å². The molecule has 0 aromatic heterocycles. The summed E-state index contributed by atoms with van der Waals surface area (Å²) in [6.07, 6.45) is 0.399. The van der Waals surface area contributed by atoms with Gasteiger partial charge in [-0.25, -0.2) is 4.79 Å². The molecule has 0 aliphatic rings. The number of amides is 1. The zero-order valence-corrected chi connectivity index (χ0v) is 11.6. The maximum atomic E-state index is 11.5. The van der Waals surface area contributed by atoms with Gasteiger partial charge >= 0.3 is 5.97 Å². The van der Waals surface area contributed by atoms with Crippen LogP contribution in [0.5, 0.6) is 0 Å². The third-order valence-corrected chi connectivity index (χ3v) is 2.41. The summed E-state index contributed by atoms with van der Waals surface area (Å²) in [5.41, 5.74) is 0.175. The number of hydrogen-bond acceptors (Lipinski definition) is 5. The second-order valence-corrected chi connectivity index (χ2v) is 4.05. The largest absolute Gasteiger partial charge is 0.465 e. The standard InChI is InChI=1S/C14H14N2O5/c1-10(17)15-6-4-3-5-11-7-12(14(18)21-2)9-13(8-11)16(19)20/h7-9H,4,6H2,1-2H3,(H,15,17). The Morgan fingerprint density at radius 1 is 1.38 bits per heavy atom. The Morgan fingerprint density at radius 2 is 2.10 bits per heavy atom. The molecular weight excluding hydrogens is 276 g/mol. The summed E-state index contributed by atoms with van der Waals surface area (Å²) in [6.45, 7) is 1.79. The number of benzene rings is 1. The van der Waals surface area contributed by atoms with Crippen molar-refractivity contribution in [3.8, 4) is 11.8 Å². The fraction of sp³-hybridized carbons (Fsp3) is 0.286. The van der Waals surface area contributed by atoms with Crippen LogP contribution < -0.4 is 5.32 Å². The number of carbonyl (C=O) groups excluding carboxylic acids is 2. The minimum absolute atomic E-state index is 0.0675. The first-order valence-corrected chi connectivity index (χ1v) is 6.05. The average molecular weight is 290 g/mol. The Hall–Kier alpha value is -2.88. The third-order valence-electron chi connectivity index (χ3n) is 2.41. The van der Waals surface area contributed by atoms with Crippen molar-refractivity contribution in [2.45, 2.75) is 13.3 Å². The van der Waals surface area contributed by atoms with Gasteiger partial charge in [-0.15, -0.1) is 0 Å². The van der Waals surface area contributed by atoms with Gasteiger partial charge in [0.25, 0.3) is 5.69 Å². The molecule has 0 unspecified atom stereocenters. The highest BCUT2D eigenvalue weighted by atomic mass is 16.6. The first-order valence-electron chi connectivity index (χ1n) is 6.05. The van der Waals surface area contributed by atoms with E-state index in [1.54, 1.807) is 0 Å². The predicted octanol–water partition coefficient (Wildman–Crippen LogP) is 1.26. The number of esters is 1. The lowest BCUT2D eigenvalue weighted by Crippen LogP contribution is -2.20. The van der Waals surface area contributed by atoms with E-state index in [0.717, 1.165) is 6.07 Å². The molecule has 7 nitrogen and oxygen atoms in total. The van der Waals surface area contributed by atoms with E-state index in [2.05, 4.69) is 21.9 Å². The van der Waals surface area contributed by atoms with Crippen LogP contribution >= 0.6 is 0 Å². The van der Waals surface area contributed by atoms with Crippen LogP contribution in [0.1, 0.15) is 29.3 Å². The number of nitro benzene ring substituents is 1. The van der Waals surface area contributed by atoms with Crippen LogP contribution in [-0.4, -0.2) is 30.5 Å². The molecule has 0 aliphatic carbocycles. The van der Waals surface area contributed by atoms with Gasteiger partial charge in [0.2, 0.25) is 5.91 Å². The Labute approximate surface area is 121 Å². The highest BCUT2D eigenvalue weighted by Crippen LogP contribution is 2.17. The van der Waals surface area contributed by atoms with E-state index in [0.29, 0.717) is 18.5 Å². The van der Waals surface area contributed by atoms with E-state index in [1.165, 1.54) is 26.2 Å². The summed E-state index contributed by atoms with van der Waals surface area (Å²) in [5, 5.41) is 13.4. The second kappa shape index (κ2) is 7.65. The number of carbonyl (C=O) groups is 2. The first-order chi connectivity index (χ1) is 9.93. The minimum atomic E-state index is -0.667. The van der Waals surface area contributed by atoms with Crippen molar-refractivity contribution >= 4 is 17.6 Å². The van der Waals surface area contributed by atoms with E-state index in [-0.39, 0.29) is 17.2 Å². The molecule has 0 aliphatic heterocycles. The van der Waals surface area contributed by atoms with Crippen molar-refractivity contribution in [1.82, 2.24) is 5.32 Å². The summed E-state index contributed by atoms with van der Waals surface area (Å²) in [5.74, 6) is 4.67. The van der Waals surface area contributed by atoms with Crippen LogP contribution in [0, 0.1) is 22.0 Å². The molecule has 110 valence electrons. The molecule has 1 aromatic rings. The molecule has 1 rings (SSSR count). The summed E-state index contributed by atoms with van der Waals surface area (Å²) < 4.78 is 4.54. The van der Waals surface area contributed by atoms with Crippen molar-refractivity contribution < 1.29 is 19.2 Å². The van der Waals surface area contributed by atoms with E-state index in [1.807, 2.05) is 0 Å². The Balaban J connectivity index is 2.93.